The van der Waals surface area contributed by atoms with E-state index in [0.29, 0.717) is 18.1 Å². The van der Waals surface area contributed by atoms with Crippen LogP contribution in [0.25, 0.3) is 10.2 Å². The van der Waals surface area contributed by atoms with Gasteiger partial charge < -0.3 is 9.64 Å². The number of thiophene rings is 1. The molecule has 1 aliphatic carbocycles. The molecule has 1 saturated heterocycles. The summed E-state index contributed by atoms with van der Waals surface area (Å²) in [6, 6.07) is 2.53. The molecule has 1 saturated carbocycles. The van der Waals surface area contributed by atoms with Crippen molar-refractivity contribution in [1.29, 1.82) is 0 Å². The summed E-state index contributed by atoms with van der Waals surface area (Å²) in [6.45, 7) is 1.65. The summed E-state index contributed by atoms with van der Waals surface area (Å²) in [6.07, 6.45) is 3.90. The van der Waals surface area contributed by atoms with E-state index in [-0.39, 0.29) is 0 Å². The highest BCUT2D eigenvalue weighted by molar-refractivity contribution is 7.16. The van der Waals surface area contributed by atoms with E-state index in [1.165, 1.54) is 12.8 Å². The minimum atomic E-state index is 0.349. The maximum Gasteiger partial charge on any atom is 0.240 e. The summed E-state index contributed by atoms with van der Waals surface area (Å²) in [5.74, 6) is 6.97. The van der Waals surface area contributed by atoms with Crippen LogP contribution in [0.1, 0.15) is 19.3 Å². The summed E-state index contributed by atoms with van der Waals surface area (Å²) < 4.78 is 5.88. The fraction of sp³-hybridized carbons (Fsp3) is 0.538. The minimum absolute atomic E-state index is 0.349. The Kier molecular flexibility index (Phi) is 2.98. The van der Waals surface area contributed by atoms with Gasteiger partial charge in [-0.2, -0.15) is 4.98 Å². The van der Waals surface area contributed by atoms with Gasteiger partial charge in [0.05, 0.1) is 24.1 Å². The van der Waals surface area contributed by atoms with Crippen LogP contribution in [0.5, 0.6) is 0 Å². The van der Waals surface area contributed by atoms with Gasteiger partial charge in [-0.15, -0.1) is 11.3 Å². The highest BCUT2D eigenvalue weighted by Gasteiger charge is 2.37. The first-order valence-electron chi connectivity index (χ1n) is 6.97. The molecule has 0 amide bonds. The molecule has 6 nitrogen and oxygen atoms in total. The Bertz CT molecular complexity index is 630. The first-order chi connectivity index (χ1) is 9.86. The van der Waals surface area contributed by atoms with Gasteiger partial charge in [0.1, 0.15) is 10.6 Å². The van der Waals surface area contributed by atoms with Crippen LogP contribution >= 0.6 is 11.3 Å². The van der Waals surface area contributed by atoms with Crippen molar-refractivity contribution in [1.82, 2.24) is 9.97 Å². The van der Waals surface area contributed by atoms with E-state index in [9.17, 15) is 0 Å². The molecule has 4 rings (SSSR count). The normalized spacial score (nSPS) is 25.9. The molecule has 0 bridgehead atoms. The number of hydrogen-bond donors (Lipinski definition) is 2. The van der Waals surface area contributed by atoms with E-state index in [4.69, 9.17) is 10.6 Å². The van der Waals surface area contributed by atoms with Crippen LogP contribution in [0, 0.1) is 0 Å². The fourth-order valence-corrected chi connectivity index (χ4v) is 4.07. The average molecular weight is 291 g/mol. The molecule has 0 aromatic carbocycles. The van der Waals surface area contributed by atoms with Crippen LogP contribution in [0.2, 0.25) is 0 Å². The number of nitrogens with two attached hydrogens (primary N) is 1. The minimum Gasteiger partial charge on any atom is -0.374 e. The van der Waals surface area contributed by atoms with E-state index in [2.05, 4.69) is 31.7 Å². The quantitative estimate of drug-likeness (QED) is 0.648. The Morgan fingerprint density at radius 3 is 3.25 bits per heavy atom. The fourth-order valence-electron chi connectivity index (χ4n) is 3.31. The monoisotopic (exact) mass is 291 g/mol. The smallest absolute Gasteiger partial charge is 0.240 e. The van der Waals surface area contributed by atoms with Gasteiger partial charge in [0, 0.05) is 6.54 Å². The van der Waals surface area contributed by atoms with Crippen LogP contribution in [0.3, 0.4) is 0 Å². The number of nitrogens with zero attached hydrogens (tertiary/aromatic N) is 3. The highest BCUT2D eigenvalue weighted by atomic mass is 32.1. The van der Waals surface area contributed by atoms with Crippen LogP contribution in [0.15, 0.2) is 11.4 Å². The van der Waals surface area contributed by atoms with Gasteiger partial charge in [-0.25, -0.2) is 10.8 Å². The second-order valence-corrected chi connectivity index (χ2v) is 6.15. The van der Waals surface area contributed by atoms with Crippen molar-refractivity contribution in [2.45, 2.75) is 31.4 Å². The number of morpholine rings is 1. The number of ether oxygens (including phenoxy) is 1. The Morgan fingerprint density at radius 1 is 1.40 bits per heavy atom. The third kappa shape index (κ3) is 1.85. The maximum absolute atomic E-state index is 5.88. The highest BCUT2D eigenvalue weighted by Crippen LogP contribution is 2.36. The third-order valence-corrected chi connectivity index (χ3v) is 4.99. The van der Waals surface area contributed by atoms with E-state index in [0.717, 1.165) is 35.6 Å². The topological polar surface area (TPSA) is 76.3 Å². The molecule has 3 N–H and O–H groups in total. The summed E-state index contributed by atoms with van der Waals surface area (Å²) in [7, 11) is 0. The van der Waals surface area contributed by atoms with Crippen LogP contribution in [-0.2, 0) is 4.74 Å². The van der Waals surface area contributed by atoms with Gasteiger partial charge in [-0.1, -0.05) is 0 Å². The molecule has 2 aromatic rings. The number of fused-ring (bicyclic) bond motifs is 2. The second kappa shape index (κ2) is 4.83. The number of hydrogen-bond acceptors (Lipinski definition) is 7. The Morgan fingerprint density at radius 2 is 2.35 bits per heavy atom. The molecule has 2 fully saturated rings. The van der Waals surface area contributed by atoms with Crippen LogP contribution < -0.4 is 16.2 Å². The molecule has 7 heteroatoms. The summed E-state index contributed by atoms with van der Waals surface area (Å²) in [4.78, 5) is 12.4. The molecule has 1 aliphatic heterocycles. The van der Waals surface area contributed by atoms with Gasteiger partial charge in [0.25, 0.3) is 0 Å². The molecule has 2 unspecified atom stereocenters. The van der Waals surface area contributed by atoms with Gasteiger partial charge in [0.2, 0.25) is 5.95 Å². The van der Waals surface area contributed by atoms with Gasteiger partial charge in [0.15, 0.2) is 0 Å². The molecule has 2 atom stereocenters. The molecule has 20 heavy (non-hydrogen) atoms. The Hall–Kier alpha value is -1.44. The lowest BCUT2D eigenvalue weighted by Crippen LogP contribution is -2.49. The number of rotatable bonds is 2. The Labute approximate surface area is 120 Å². The summed E-state index contributed by atoms with van der Waals surface area (Å²) in [5, 5.41) is 3.16. The van der Waals surface area contributed by atoms with E-state index in [1.807, 2.05) is 0 Å². The molecular formula is C13H17N5OS. The molecular weight excluding hydrogens is 274 g/mol. The summed E-state index contributed by atoms with van der Waals surface area (Å²) in [5.41, 5.74) is 2.57. The van der Waals surface area contributed by atoms with Crippen molar-refractivity contribution in [2.24, 2.45) is 5.84 Å². The maximum atomic E-state index is 5.88. The van der Waals surface area contributed by atoms with E-state index < -0.39 is 0 Å². The third-order valence-electron chi connectivity index (χ3n) is 4.19. The van der Waals surface area contributed by atoms with Crippen molar-refractivity contribution >= 4 is 33.3 Å². The molecule has 106 valence electrons. The largest absolute Gasteiger partial charge is 0.374 e. The standard InChI is InChI=1S/C13H17N5OS/c14-17-13-15-11(8-4-7-20-12(8)16-13)18-5-6-19-10-3-1-2-9(10)18/h4,7,9-10H,1-3,5-6,14H2,(H,15,16,17). The van der Waals surface area contributed by atoms with Gasteiger partial charge in [-0.3, -0.25) is 5.43 Å². The zero-order valence-electron chi connectivity index (χ0n) is 11.1. The lowest BCUT2D eigenvalue weighted by Gasteiger charge is -2.38. The van der Waals surface area contributed by atoms with E-state index in [1.54, 1.807) is 11.3 Å². The predicted octanol–water partition coefficient (Wildman–Crippen LogP) is 1.73. The van der Waals surface area contributed by atoms with Crippen molar-refractivity contribution in [3.05, 3.63) is 11.4 Å². The van der Waals surface area contributed by atoms with Crippen molar-refractivity contribution in [2.75, 3.05) is 23.5 Å². The van der Waals surface area contributed by atoms with Crippen molar-refractivity contribution < 1.29 is 4.74 Å². The number of anilines is 2. The van der Waals surface area contributed by atoms with Crippen LogP contribution in [0.4, 0.5) is 11.8 Å². The van der Waals surface area contributed by atoms with Crippen molar-refractivity contribution in [3.63, 3.8) is 0 Å². The lowest BCUT2D eigenvalue weighted by atomic mass is 10.1. The second-order valence-electron chi connectivity index (χ2n) is 5.26. The lowest BCUT2D eigenvalue weighted by molar-refractivity contribution is 0.0254. The van der Waals surface area contributed by atoms with Crippen molar-refractivity contribution in [3.8, 4) is 0 Å². The number of nitrogens with one attached hydrogen (secondary N) is 1. The zero-order valence-corrected chi connectivity index (χ0v) is 11.9. The van der Waals surface area contributed by atoms with E-state index >= 15 is 0 Å². The number of hydrazine groups is 1. The number of aromatic nitrogens is 2. The zero-order chi connectivity index (χ0) is 13.5. The average Bonchev–Trinajstić information content (AvgIpc) is 3.14. The first-order valence-corrected chi connectivity index (χ1v) is 7.85. The number of nitrogen functional groups attached to an aromatic ring is 1. The van der Waals surface area contributed by atoms with Gasteiger partial charge >= 0.3 is 0 Å². The van der Waals surface area contributed by atoms with Gasteiger partial charge in [-0.05, 0) is 30.7 Å². The first kappa shape index (κ1) is 12.3. The predicted molar refractivity (Wildman–Crippen MR) is 80.0 cm³/mol. The molecule has 3 heterocycles. The SMILES string of the molecule is NNc1nc(N2CCOC3CCCC32)c2ccsc2n1. The van der Waals surface area contributed by atoms with Crippen LogP contribution in [-0.4, -0.2) is 35.3 Å². The molecule has 0 spiro atoms. The summed E-state index contributed by atoms with van der Waals surface area (Å²) >= 11 is 1.62. The molecule has 0 radical (unpaired) electrons. The molecule has 2 aromatic heterocycles. The molecule has 2 aliphatic rings. The Balaban J connectivity index is 1.81.